The van der Waals surface area contributed by atoms with Gasteiger partial charge in [0.05, 0.1) is 24.3 Å². The molecule has 4 aliphatic heterocycles. The number of hydrogen-bond acceptors (Lipinski definition) is 7. The lowest BCUT2D eigenvalue weighted by Gasteiger charge is -2.37. The van der Waals surface area contributed by atoms with Crippen molar-refractivity contribution in [1.82, 2.24) is 15.1 Å². The molecule has 6 rings (SSSR count). The number of amides is 4. The van der Waals surface area contributed by atoms with Crippen LogP contribution in [0.25, 0.3) is 0 Å². The van der Waals surface area contributed by atoms with Gasteiger partial charge in [-0.3, -0.25) is 34.3 Å². The number of nitrogens with zero attached hydrogens (tertiary/aromatic N) is 2. The van der Waals surface area contributed by atoms with Crippen molar-refractivity contribution in [2.45, 2.75) is 43.8 Å². The van der Waals surface area contributed by atoms with Gasteiger partial charge in [-0.15, -0.1) is 0 Å². The molecule has 2 fully saturated rings. The molecule has 36 heavy (non-hydrogen) atoms. The third-order valence-electron chi connectivity index (χ3n) is 7.74. The molecule has 0 radical (unpaired) electrons. The molecule has 3 unspecified atom stereocenters. The van der Waals surface area contributed by atoms with E-state index in [1.54, 1.807) is 12.1 Å². The van der Waals surface area contributed by atoms with Gasteiger partial charge in [0.2, 0.25) is 11.8 Å². The monoisotopic (exact) mass is 488 g/mol. The molecule has 2 N–H and O–H groups in total. The summed E-state index contributed by atoms with van der Waals surface area (Å²) in [7, 11) is 0. The Morgan fingerprint density at radius 2 is 1.83 bits per heavy atom. The molecule has 2 aromatic carbocycles. The van der Waals surface area contributed by atoms with Crippen LogP contribution in [0.4, 0.5) is 5.69 Å². The van der Waals surface area contributed by atoms with Crippen LogP contribution in [0.3, 0.4) is 0 Å². The highest BCUT2D eigenvalue weighted by atomic mass is 16.5. The van der Waals surface area contributed by atoms with E-state index in [1.165, 1.54) is 11.3 Å². The molecule has 4 amide bonds. The van der Waals surface area contributed by atoms with E-state index in [-0.39, 0.29) is 24.8 Å². The molecule has 2 aromatic rings. The Labute approximate surface area is 208 Å². The van der Waals surface area contributed by atoms with E-state index in [0.29, 0.717) is 36.8 Å². The summed E-state index contributed by atoms with van der Waals surface area (Å²) in [6.07, 6.45) is 1.22. The zero-order valence-electron chi connectivity index (χ0n) is 19.9. The SMILES string of the molecule is O=C1CCC(N2C(=O)c3ccc(CN4CCOCC4CC4CNc5ccccc54)cc3C2=O)C(=O)N1. The standard InChI is InChI=1S/C27H28N4O5/c32-24-8-7-23(25(33)29-24)31-26(34)20-6-5-16(11-21(20)27(31)35)14-30-9-10-36-15-18(30)12-17-13-28-22-4-2-1-3-19(17)22/h1-6,11,17-18,23,28H,7-10,12-15H2,(H,29,32,33). The zero-order chi connectivity index (χ0) is 24.8. The number of anilines is 1. The number of hydrogen-bond donors (Lipinski definition) is 2. The van der Waals surface area contributed by atoms with Gasteiger partial charge >= 0.3 is 0 Å². The number of ether oxygens (including phenoxy) is 1. The van der Waals surface area contributed by atoms with Gasteiger partial charge in [-0.2, -0.15) is 0 Å². The summed E-state index contributed by atoms with van der Waals surface area (Å²) >= 11 is 0. The Morgan fingerprint density at radius 3 is 2.69 bits per heavy atom. The summed E-state index contributed by atoms with van der Waals surface area (Å²) in [6, 6.07) is 13.1. The van der Waals surface area contributed by atoms with Gasteiger partial charge in [-0.25, -0.2) is 0 Å². The third kappa shape index (κ3) is 3.98. The van der Waals surface area contributed by atoms with Crippen molar-refractivity contribution in [3.8, 4) is 0 Å². The maximum absolute atomic E-state index is 13.2. The quantitative estimate of drug-likeness (QED) is 0.619. The minimum Gasteiger partial charge on any atom is -0.384 e. The van der Waals surface area contributed by atoms with Crippen molar-refractivity contribution < 1.29 is 23.9 Å². The van der Waals surface area contributed by atoms with E-state index in [0.717, 1.165) is 30.0 Å². The Kier molecular flexibility index (Phi) is 5.81. The molecule has 9 nitrogen and oxygen atoms in total. The molecular formula is C27H28N4O5. The Bertz CT molecular complexity index is 1260. The van der Waals surface area contributed by atoms with Crippen LogP contribution in [0.5, 0.6) is 0 Å². The number of carbonyl (C=O) groups excluding carboxylic acids is 4. The summed E-state index contributed by atoms with van der Waals surface area (Å²) in [5, 5.41) is 5.73. The van der Waals surface area contributed by atoms with Crippen molar-refractivity contribution >= 4 is 29.3 Å². The van der Waals surface area contributed by atoms with E-state index in [9.17, 15) is 19.2 Å². The van der Waals surface area contributed by atoms with Gasteiger partial charge in [0, 0.05) is 43.7 Å². The van der Waals surface area contributed by atoms with E-state index < -0.39 is 23.8 Å². The van der Waals surface area contributed by atoms with Crippen LogP contribution < -0.4 is 10.6 Å². The molecular weight excluding hydrogens is 460 g/mol. The molecule has 0 saturated carbocycles. The number of imide groups is 2. The largest absolute Gasteiger partial charge is 0.384 e. The van der Waals surface area contributed by atoms with Crippen LogP contribution in [-0.4, -0.2) is 71.8 Å². The van der Waals surface area contributed by atoms with Crippen LogP contribution in [0.1, 0.15) is 57.0 Å². The highest BCUT2D eigenvalue weighted by molar-refractivity contribution is 6.23. The summed E-state index contributed by atoms with van der Waals surface area (Å²) in [5.41, 5.74) is 4.12. The lowest BCUT2D eigenvalue weighted by molar-refractivity contribution is -0.136. The number of fused-ring (bicyclic) bond motifs is 2. The van der Waals surface area contributed by atoms with Gasteiger partial charge in [0.15, 0.2) is 0 Å². The first-order valence-electron chi connectivity index (χ1n) is 12.5. The highest BCUT2D eigenvalue weighted by Crippen LogP contribution is 2.36. The van der Waals surface area contributed by atoms with Gasteiger partial charge < -0.3 is 10.1 Å². The molecule has 4 heterocycles. The van der Waals surface area contributed by atoms with Crippen molar-refractivity contribution in [3.05, 3.63) is 64.7 Å². The predicted octanol–water partition coefficient (Wildman–Crippen LogP) is 1.89. The topological polar surface area (TPSA) is 108 Å². The maximum atomic E-state index is 13.2. The van der Waals surface area contributed by atoms with E-state index in [1.807, 2.05) is 12.1 Å². The lowest BCUT2D eigenvalue weighted by Crippen LogP contribution is -2.54. The molecule has 2 saturated heterocycles. The van der Waals surface area contributed by atoms with Gasteiger partial charge in [-0.1, -0.05) is 24.3 Å². The van der Waals surface area contributed by atoms with Crippen molar-refractivity contribution in [1.29, 1.82) is 0 Å². The maximum Gasteiger partial charge on any atom is 0.262 e. The minimum absolute atomic E-state index is 0.106. The molecule has 4 aliphatic rings. The average Bonchev–Trinajstić information content (AvgIpc) is 3.39. The van der Waals surface area contributed by atoms with Crippen LogP contribution in [0.2, 0.25) is 0 Å². The number of morpholine rings is 1. The number of piperidine rings is 1. The number of nitrogens with one attached hydrogen (secondary N) is 2. The van der Waals surface area contributed by atoms with Gasteiger partial charge in [0.1, 0.15) is 6.04 Å². The zero-order valence-corrected chi connectivity index (χ0v) is 19.9. The van der Waals surface area contributed by atoms with Gasteiger partial charge in [0.25, 0.3) is 11.8 Å². The molecule has 0 bridgehead atoms. The van der Waals surface area contributed by atoms with Gasteiger partial charge in [-0.05, 0) is 42.2 Å². The third-order valence-corrected chi connectivity index (χ3v) is 7.74. The molecule has 3 atom stereocenters. The van der Waals surface area contributed by atoms with Crippen LogP contribution in [0.15, 0.2) is 42.5 Å². The van der Waals surface area contributed by atoms with E-state index in [2.05, 4.69) is 33.7 Å². The van der Waals surface area contributed by atoms with E-state index in [4.69, 9.17) is 4.74 Å². The Morgan fingerprint density at radius 1 is 1.00 bits per heavy atom. The number of carbonyl (C=O) groups is 4. The first-order chi connectivity index (χ1) is 17.5. The summed E-state index contributed by atoms with van der Waals surface area (Å²) in [6.45, 7) is 3.66. The first-order valence-corrected chi connectivity index (χ1v) is 12.5. The normalized spacial score (nSPS) is 26.0. The molecule has 186 valence electrons. The average molecular weight is 489 g/mol. The molecule has 0 aliphatic carbocycles. The van der Waals surface area contributed by atoms with E-state index >= 15 is 0 Å². The number of benzene rings is 2. The molecule has 0 spiro atoms. The van der Waals surface area contributed by atoms with Crippen molar-refractivity contribution in [2.24, 2.45) is 0 Å². The van der Waals surface area contributed by atoms with Crippen molar-refractivity contribution in [2.75, 3.05) is 31.6 Å². The summed E-state index contributed by atoms with van der Waals surface area (Å²) < 4.78 is 5.82. The number of para-hydroxylation sites is 1. The predicted molar refractivity (Wildman–Crippen MR) is 130 cm³/mol. The van der Waals surface area contributed by atoms with Crippen LogP contribution >= 0.6 is 0 Å². The fraction of sp³-hybridized carbons (Fsp3) is 0.407. The second-order valence-electron chi connectivity index (χ2n) is 9.93. The summed E-state index contributed by atoms with van der Waals surface area (Å²) in [5.74, 6) is -1.52. The lowest BCUT2D eigenvalue weighted by atomic mass is 9.92. The minimum atomic E-state index is -0.954. The first kappa shape index (κ1) is 22.9. The Hall–Kier alpha value is -3.56. The fourth-order valence-corrected chi connectivity index (χ4v) is 5.86. The second kappa shape index (κ2) is 9.15. The Balaban J connectivity index is 1.18. The highest BCUT2D eigenvalue weighted by Gasteiger charge is 2.44. The van der Waals surface area contributed by atoms with Crippen LogP contribution in [0, 0.1) is 0 Å². The number of rotatable bonds is 5. The molecule has 0 aromatic heterocycles. The smallest absolute Gasteiger partial charge is 0.262 e. The van der Waals surface area contributed by atoms with Crippen LogP contribution in [-0.2, 0) is 20.9 Å². The fourth-order valence-electron chi connectivity index (χ4n) is 5.86. The summed E-state index contributed by atoms with van der Waals surface area (Å²) in [4.78, 5) is 53.4. The molecule has 9 heteroatoms. The van der Waals surface area contributed by atoms with Crippen molar-refractivity contribution in [3.63, 3.8) is 0 Å². The second-order valence-corrected chi connectivity index (χ2v) is 9.93.